The smallest absolute Gasteiger partial charge is 0.254 e. The van der Waals surface area contributed by atoms with Crippen molar-refractivity contribution in [1.29, 1.82) is 0 Å². The van der Waals surface area contributed by atoms with Gasteiger partial charge in [-0.25, -0.2) is 0 Å². The Bertz CT molecular complexity index is 1180. The Morgan fingerprint density at radius 3 is 2.60 bits per heavy atom. The standard InChI is InChI=1S/C27H28Cl2N2O3S/c1-18(2)15-30(27(33)19-4-3-5-21(29)14-19)16-26(32)31-12-10-25-23(11-13-35-25)24(31)17-34-22-8-6-20(28)7-9-22/h3-9,11,13-14,18,24H,10,12,15-17H2,1-2H3/t24-/m1/s1. The van der Waals surface area contributed by atoms with Gasteiger partial charge in [0.05, 0.1) is 6.04 Å². The van der Waals surface area contributed by atoms with Crippen LogP contribution in [0.15, 0.2) is 60.0 Å². The zero-order valence-electron chi connectivity index (χ0n) is 19.7. The summed E-state index contributed by atoms with van der Waals surface area (Å²) < 4.78 is 6.06. The second kappa shape index (κ2) is 11.5. The fourth-order valence-corrected chi connectivity index (χ4v) is 5.54. The predicted octanol–water partition coefficient (Wildman–Crippen LogP) is 6.36. The monoisotopic (exact) mass is 530 g/mol. The Labute approximate surface area is 220 Å². The first-order chi connectivity index (χ1) is 16.8. The van der Waals surface area contributed by atoms with Crippen LogP contribution in [0, 0.1) is 5.92 Å². The Morgan fingerprint density at radius 1 is 1.11 bits per heavy atom. The molecule has 35 heavy (non-hydrogen) atoms. The van der Waals surface area contributed by atoms with E-state index in [-0.39, 0.29) is 30.3 Å². The number of hydrogen-bond donors (Lipinski definition) is 0. The third-order valence-electron chi connectivity index (χ3n) is 5.91. The molecule has 2 heterocycles. The molecule has 0 N–H and O–H groups in total. The van der Waals surface area contributed by atoms with Gasteiger partial charge in [-0.15, -0.1) is 11.3 Å². The molecule has 0 spiro atoms. The van der Waals surface area contributed by atoms with Crippen LogP contribution < -0.4 is 4.74 Å². The predicted molar refractivity (Wildman–Crippen MR) is 142 cm³/mol. The van der Waals surface area contributed by atoms with Crippen LogP contribution in [0.1, 0.15) is 40.7 Å². The number of halogens is 2. The molecule has 184 valence electrons. The van der Waals surface area contributed by atoms with E-state index in [2.05, 4.69) is 11.4 Å². The molecular weight excluding hydrogens is 503 g/mol. The SMILES string of the molecule is CC(C)CN(CC(=O)N1CCc2sccc2[C@H]1COc1ccc(Cl)cc1)C(=O)c1cccc(Cl)c1. The number of rotatable bonds is 8. The Kier molecular flexibility index (Phi) is 8.37. The fraction of sp³-hybridized carbons (Fsp3) is 0.333. The summed E-state index contributed by atoms with van der Waals surface area (Å²) in [6.45, 7) is 5.44. The van der Waals surface area contributed by atoms with E-state index in [0.29, 0.717) is 41.1 Å². The van der Waals surface area contributed by atoms with E-state index in [1.54, 1.807) is 52.6 Å². The summed E-state index contributed by atoms with van der Waals surface area (Å²) >= 11 is 13.8. The summed E-state index contributed by atoms with van der Waals surface area (Å²) in [5, 5.41) is 3.19. The summed E-state index contributed by atoms with van der Waals surface area (Å²) in [7, 11) is 0. The van der Waals surface area contributed by atoms with E-state index in [1.165, 1.54) is 4.88 Å². The normalized spacial score (nSPS) is 15.1. The summed E-state index contributed by atoms with van der Waals surface area (Å²) in [5.41, 5.74) is 1.59. The van der Waals surface area contributed by atoms with Crippen molar-refractivity contribution in [2.45, 2.75) is 26.3 Å². The van der Waals surface area contributed by atoms with Crippen molar-refractivity contribution < 1.29 is 14.3 Å². The number of hydrogen-bond acceptors (Lipinski definition) is 4. The minimum Gasteiger partial charge on any atom is -0.491 e. The van der Waals surface area contributed by atoms with E-state index in [4.69, 9.17) is 27.9 Å². The maximum Gasteiger partial charge on any atom is 0.254 e. The van der Waals surface area contributed by atoms with Gasteiger partial charge in [0.15, 0.2) is 0 Å². The molecule has 0 bridgehead atoms. The molecule has 3 aromatic rings. The lowest BCUT2D eigenvalue weighted by Gasteiger charge is -2.37. The number of benzene rings is 2. The van der Waals surface area contributed by atoms with Gasteiger partial charge in [-0.2, -0.15) is 0 Å². The van der Waals surface area contributed by atoms with Gasteiger partial charge >= 0.3 is 0 Å². The number of ether oxygens (including phenoxy) is 1. The van der Waals surface area contributed by atoms with Gasteiger partial charge in [0.2, 0.25) is 5.91 Å². The number of amides is 2. The van der Waals surface area contributed by atoms with Gasteiger partial charge in [0.25, 0.3) is 5.91 Å². The first kappa shape index (κ1) is 25.5. The van der Waals surface area contributed by atoms with Crippen molar-refractivity contribution >= 4 is 46.4 Å². The van der Waals surface area contributed by atoms with Crippen molar-refractivity contribution in [2.24, 2.45) is 5.92 Å². The van der Waals surface area contributed by atoms with E-state index in [1.807, 2.05) is 30.9 Å². The maximum atomic E-state index is 13.6. The number of carbonyl (C=O) groups excluding carboxylic acids is 2. The highest BCUT2D eigenvalue weighted by Gasteiger charge is 2.33. The third-order valence-corrected chi connectivity index (χ3v) is 7.39. The molecule has 1 aliphatic rings. The first-order valence-corrected chi connectivity index (χ1v) is 13.2. The molecule has 4 rings (SSSR count). The van der Waals surface area contributed by atoms with Crippen LogP contribution >= 0.6 is 34.5 Å². The van der Waals surface area contributed by atoms with Crippen LogP contribution in [0.5, 0.6) is 5.75 Å². The third kappa shape index (κ3) is 6.37. The van der Waals surface area contributed by atoms with Crippen LogP contribution in [-0.4, -0.2) is 47.9 Å². The molecule has 5 nitrogen and oxygen atoms in total. The second-order valence-corrected chi connectivity index (χ2v) is 10.9. The molecule has 1 aliphatic heterocycles. The van der Waals surface area contributed by atoms with Crippen LogP contribution in [0.2, 0.25) is 10.0 Å². The average molecular weight is 532 g/mol. The van der Waals surface area contributed by atoms with Crippen LogP contribution in [0.3, 0.4) is 0 Å². The van der Waals surface area contributed by atoms with Gasteiger partial charge in [-0.05, 0) is 71.8 Å². The first-order valence-electron chi connectivity index (χ1n) is 11.6. The lowest BCUT2D eigenvalue weighted by Crippen LogP contribution is -2.48. The molecule has 1 aromatic heterocycles. The van der Waals surface area contributed by atoms with Crippen LogP contribution in [0.4, 0.5) is 0 Å². The number of thiophene rings is 1. The highest BCUT2D eigenvalue weighted by Crippen LogP contribution is 2.34. The fourth-order valence-electron chi connectivity index (χ4n) is 4.30. The van der Waals surface area contributed by atoms with E-state index < -0.39 is 0 Å². The lowest BCUT2D eigenvalue weighted by molar-refractivity contribution is -0.135. The highest BCUT2D eigenvalue weighted by molar-refractivity contribution is 7.10. The molecule has 0 fully saturated rings. The number of carbonyl (C=O) groups is 2. The van der Waals surface area contributed by atoms with Crippen molar-refractivity contribution in [3.05, 3.63) is 86.0 Å². The van der Waals surface area contributed by atoms with Crippen LogP contribution in [-0.2, 0) is 11.2 Å². The number of nitrogens with zero attached hydrogens (tertiary/aromatic N) is 2. The molecule has 2 aromatic carbocycles. The molecule has 0 saturated heterocycles. The quantitative estimate of drug-likeness (QED) is 0.340. The molecule has 0 saturated carbocycles. The molecule has 0 radical (unpaired) electrons. The van der Waals surface area contributed by atoms with Gasteiger partial charge in [0, 0.05) is 33.6 Å². The second-order valence-electron chi connectivity index (χ2n) is 9.01. The zero-order valence-corrected chi connectivity index (χ0v) is 22.1. The van der Waals surface area contributed by atoms with E-state index >= 15 is 0 Å². The van der Waals surface area contributed by atoms with E-state index in [9.17, 15) is 9.59 Å². The summed E-state index contributed by atoms with van der Waals surface area (Å²) in [4.78, 5) is 31.7. The highest BCUT2D eigenvalue weighted by atomic mass is 35.5. The van der Waals surface area contributed by atoms with Crippen molar-refractivity contribution in [2.75, 3.05) is 26.2 Å². The number of fused-ring (bicyclic) bond motifs is 1. The minimum absolute atomic E-state index is 0.000439. The maximum absolute atomic E-state index is 13.6. The Balaban J connectivity index is 1.53. The van der Waals surface area contributed by atoms with Crippen LogP contribution in [0.25, 0.3) is 0 Å². The summed E-state index contributed by atoms with van der Waals surface area (Å²) in [6.07, 6.45) is 0.794. The van der Waals surface area contributed by atoms with Crippen molar-refractivity contribution in [3.8, 4) is 5.75 Å². The lowest BCUT2D eigenvalue weighted by atomic mass is 10.00. The van der Waals surface area contributed by atoms with Crippen molar-refractivity contribution in [1.82, 2.24) is 9.80 Å². The molecular formula is C27H28Cl2N2O3S. The molecule has 1 atom stereocenters. The molecule has 0 aliphatic carbocycles. The Morgan fingerprint density at radius 2 is 1.89 bits per heavy atom. The van der Waals surface area contributed by atoms with Gasteiger partial charge in [-0.3, -0.25) is 9.59 Å². The average Bonchev–Trinajstić information content (AvgIpc) is 3.31. The van der Waals surface area contributed by atoms with Gasteiger partial charge < -0.3 is 14.5 Å². The zero-order chi connectivity index (χ0) is 24.9. The molecule has 2 amide bonds. The van der Waals surface area contributed by atoms with Gasteiger partial charge in [-0.1, -0.05) is 43.1 Å². The topological polar surface area (TPSA) is 49.9 Å². The largest absolute Gasteiger partial charge is 0.491 e. The molecule has 0 unspecified atom stereocenters. The Hall–Kier alpha value is -2.54. The summed E-state index contributed by atoms with van der Waals surface area (Å²) in [6, 6.07) is 15.9. The van der Waals surface area contributed by atoms with E-state index in [0.717, 1.165) is 12.0 Å². The van der Waals surface area contributed by atoms with Crippen molar-refractivity contribution in [3.63, 3.8) is 0 Å². The summed E-state index contributed by atoms with van der Waals surface area (Å²) in [5.74, 6) is 0.612. The molecule has 8 heteroatoms. The minimum atomic E-state index is -0.227. The van der Waals surface area contributed by atoms with Gasteiger partial charge in [0.1, 0.15) is 18.9 Å².